The average Bonchev–Trinajstić information content (AvgIpc) is 2.97. The molecule has 37 heavy (non-hydrogen) atoms. The van der Waals surface area contributed by atoms with Crippen molar-refractivity contribution in [1.82, 2.24) is 19.8 Å². The first-order chi connectivity index (χ1) is 18.1. The Bertz CT molecular complexity index is 1010. The van der Waals surface area contributed by atoms with E-state index < -0.39 is 0 Å². The van der Waals surface area contributed by atoms with Crippen LogP contribution in [-0.4, -0.2) is 90.7 Å². The minimum absolute atomic E-state index is 0.0376. The highest BCUT2D eigenvalue weighted by Gasteiger charge is 2.31. The molecule has 0 saturated carbocycles. The van der Waals surface area contributed by atoms with Gasteiger partial charge in [0, 0.05) is 70.2 Å². The molecule has 1 aromatic carbocycles. The van der Waals surface area contributed by atoms with Gasteiger partial charge < -0.3 is 24.8 Å². The summed E-state index contributed by atoms with van der Waals surface area (Å²) in [7, 11) is 1.82. The molecule has 0 radical (unpaired) electrons. The van der Waals surface area contributed by atoms with Crippen LogP contribution in [0.5, 0.6) is 0 Å². The molecule has 0 atom stereocenters. The second-order valence-electron chi connectivity index (χ2n) is 10.8. The van der Waals surface area contributed by atoms with Crippen molar-refractivity contribution in [3.8, 4) is 0 Å². The molecule has 1 aromatic heterocycles. The monoisotopic (exact) mass is 506 g/mol. The number of benzene rings is 1. The molecule has 0 unspecified atom stereocenters. The van der Waals surface area contributed by atoms with Crippen molar-refractivity contribution in [2.45, 2.75) is 57.6 Å². The molecule has 4 heterocycles. The highest BCUT2D eigenvalue weighted by atomic mass is 16.5. The number of carbonyl (C=O) groups is 1. The van der Waals surface area contributed by atoms with Crippen molar-refractivity contribution in [3.63, 3.8) is 0 Å². The number of likely N-dealkylation sites (tertiary alicyclic amines) is 2. The van der Waals surface area contributed by atoms with Gasteiger partial charge in [0.15, 0.2) is 0 Å². The number of para-hydroxylation sites is 1. The highest BCUT2D eigenvalue weighted by molar-refractivity contribution is 5.94. The molecule has 200 valence electrons. The van der Waals surface area contributed by atoms with E-state index in [9.17, 15) is 4.79 Å². The molecular formula is C29H42N6O2. The number of rotatable bonds is 7. The van der Waals surface area contributed by atoms with Crippen LogP contribution in [0.25, 0.3) is 0 Å². The fourth-order valence-corrected chi connectivity index (χ4v) is 6.18. The zero-order valence-electron chi connectivity index (χ0n) is 22.4. The summed E-state index contributed by atoms with van der Waals surface area (Å²) in [6.45, 7) is 8.77. The fourth-order valence-electron chi connectivity index (χ4n) is 6.18. The van der Waals surface area contributed by atoms with Gasteiger partial charge >= 0.3 is 0 Å². The normalized spacial score (nSPS) is 20.8. The van der Waals surface area contributed by atoms with Crippen LogP contribution in [0, 0.1) is 12.8 Å². The van der Waals surface area contributed by atoms with Crippen LogP contribution in [0.2, 0.25) is 0 Å². The van der Waals surface area contributed by atoms with E-state index in [0.717, 1.165) is 95.7 Å². The van der Waals surface area contributed by atoms with Gasteiger partial charge in [-0.25, -0.2) is 9.97 Å². The number of methoxy groups -OCH3 is 1. The Kier molecular flexibility index (Phi) is 8.56. The van der Waals surface area contributed by atoms with Gasteiger partial charge in [0.05, 0.1) is 6.10 Å². The number of nitrogens with zero attached hydrogens (tertiary/aromatic N) is 5. The lowest BCUT2D eigenvalue weighted by Gasteiger charge is -2.41. The number of aromatic nitrogens is 2. The summed E-state index contributed by atoms with van der Waals surface area (Å²) >= 11 is 0. The molecule has 3 aliphatic rings. The van der Waals surface area contributed by atoms with E-state index in [2.05, 4.69) is 55.4 Å². The van der Waals surface area contributed by atoms with E-state index in [1.165, 1.54) is 12.0 Å². The summed E-state index contributed by atoms with van der Waals surface area (Å²) in [4.78, 5) is 29.3. The first-order valence-corrected chi connectivity index (χ1v) is 14.0. The Morgan fingerprint density at radius 3 is 2.32 bits per heavy atom. The largest absolute Gasteiger partial charge is 0.381 e. The van der Waals surface area contributed by atoms with Gasteiger partial charge in [0.2, 0.25) is 0 Å². The third-order valence-corrected chi connectivity index (χ3v) is 8.66. The zero-order valence-corrected chi connectivity index (χ0v) is 22.4. The van der Waals surface area contributed by atoms with E-state index in [0.29, 0.717) is 23.8 Å². The Labute approximate surface area is 221 Å². The van der Waals surface area contributed by atoms with Crippen LogP contribution in [0.4, 0.5) is 11.5 Å². The summed E-state index contributed by atoms with van der Waals surface area (Å²) in [6, 6.07) is 11.2. The zero-order chi connectivity index (χ0) is 25.6. The smallest absolute Gasteiger partial charge is 0.272 e. The van der Waals surface area contributed by atoms with Crippen LogP contribution in [0.1, 0.15) is 54.6 Å². The van der Waals surface area contributed by atoms with E-state index >= 15 is 0 Å². The molecule has 8 nitrogen and oxygen atoms in total. The summed E-state index contributed by atoms with van der Waals surface area (Å²) in [5, 5.41) is 3.54. The first-order valence-electron chi connectivity index (χ1n) is 14.0. The minimum atomic E-state index is 0.0376. The van der Waals surface area contributed by atoms with Gasteiger partial charge in [-0.1, -0.05) is 18.2 Å². The average molecular weight is 507 g/mol. The van der Waals surface area contributed by atoms with E-state index in [4.69, 9.17) is 4.74 Å². The number of carbonyl (C=O) groups excluding carboxylic acids is 1. The van der Waals surface area contributed by atoms with Crippen LogP contribution in [-0.2, 0) is 4.74 Å². The van der Waals surface area contributed by atoms with Gasteiger partial charge in [-0.2, -0.15) is 0 Å². The fraction of sp³-hybridized carbons (Fsp3) is 0.621. The van der Waals surface area contributed by atoms with Crippen LogP contribution in [0.15, 0.2) is 36.7 Å². The predicted octanol–water partition coefficient (Wildman–Crippen LogP) is 3.83. The first kappa shape index (κ1) is 25.9. The van der Waals surface area contributed by atoms with Crippen molar-refractivity contribution in [1.29, 1.82) is 0 Å². The molecule has 3 saturated heterocycles. The summed E-state index contributed by atoms with van der Waals surface area (Å²) in [6.07, 6.45) is 8.51. The molecule has 2 aromatic rings. The quantitative estimate of drug-likeness (QED) is 0.612. The molecule has 0 spiro atoms. The van der Waals surface area contributed by atoms with Crippen LogP contribution in [0.3, 0.4) is 0 Å². The van der Waals surface area contributed by atoms with E-state index in [-0.39, 0.29) is 5.91 Å². The second kappa shape index (κ2) is 12.2. The van der Waals surface area contributed by atoms with Crippen molar-refractivity contribution in [2.75, 3.05) is 63.1 Å². The van der Waals surface area contributed by atoms with Gasteiger partial charge in [-0.3, -0.25) is 4.79 Å². The molecule has 5 rings (SSSR count). The Balaban J connectivity index is 1.10. The molecule has 0 aliphatic carbocycles. The maximum absolute atomic E-state index is 13.4. The molecule has 8 heteroatoms. The Morgan fingerprint density at radius 2 is 1.65 bits per heavy atom. The number of hydrogen-bond acceptors (Lipinski definition) is 7. The molecular weight excluding hydrogens is 464 g/mol. The van der Waals surface area contributed by atoms with Crippen molar-refractivity contribution in [2.24, 2.45) is 5.92 Å². The maximum atomic E-state index is 13.4. The van der Waals surface area contributed by atoms with Crippen LogP contribution >= 0.6 is 0 Å². The lowest BCUT2D eigenvalue weighted by molar-refractivity contribution is 0.0144. The molecule has 0 bridgehead atoms. The highest BCUT2D eigenvalue weighted by Crippen LogP contribution is 2.26. The third kappa shape index (κ3) is 6.24. The molecule has 1 N–H and O–H groups in total. The topological polar surface area (TPSA) is 73.8 Å². The lowest BCUT2D eigenvalue weighted by atomic mass is 9.96. The molecule has 3 aliphatic heterocycles. The number of hydrogen-bond donors (Lipinski definition) is 1. The third-order valence-electron chi connectivity index (χ3n) is 8.66. The number of anilines is 2. The van der Waals surface area contributed by atoms with Crippen molar-refractivity contribution < 1.29 is 9.53 Å². The predicted molar refractivity (Wildman–Crippen MR) is 147 cm³/mol. The standard InChI is InChI=1S/C29H42N6O2/c1-22-27(29(36)35-16-10-25(11-17-35)34-18-12-26(37-2)13-19-34)31-21-32-28(22)30-20-23-8-14-33(15-9-23)24-6-4-3-5-7-24/h3-7,21,23,25-26H,8-20H2,1-2H3,(H,30,31,32). The lowest BCUT2D eigenvalue weighted by Crippen LogP contribution is -2.49. The van der Waals surface area contributed by atoms with Crippen molar-refractivity contribution >= 4 is 17.4 Å². The Hall–Kier alpha value is -2.71. The van der Waals surface area contributed by atoms with Crippen molar-refractivity contribution in [3.05, 3.63) is 47.9 Å². The maximum Gasteiger partial charge on any atom is 0.272 e. The number of piperidine rings is 3. The molecule has 3 fully saturated rings. The number of amides is 1. The van der Waals surface area contributed by atoms with Gasteiger partial charge in [-0.15, -0.1) is 0 Å². The van der Waals surface area contributed by atoms with Gasteiger partial charge in [0.25, 0.3) is 5.91 Å². The Morgan fingerprint density at radius 1 is 0.946 bits per heavy atom. The van der Waals surface area contributed by atoms with Crippen LogP contribution < -0.4 is 10.2 Å². The summed E-state index contributed by atoms with van der Waals surface area (Å²) < 4.78 is 5.52. The van der Waals surface area contributed by atoms with Gasteiger partial charge in [-0.05, 0) is 63.5 Å². The van der Waals surface area contributed by atoms with Gasteiger partial charge in [0.1, 0.15) is 17.8 Å². The SMILES string of the molecule is COC1CCN(C2CCN(C(=O)c3ncnc(NCC4CCN(c5ccccc5)CC4)c3C)CC2)CC1. The second-order valence-corrected chi connectivity index (χ2v) is 10.8. The molecule has 1 amide bonds. The van der Waals surface area contributed by atoms with E-state index in [1.807, 2.05) is 18.9 Å². The summed E-state index contributed by atoms with van der Waals surface area (Å²) in [5.74, 6) is 1.43. The van der Waals surface area contributed by atoms with E-state index in [1.54, 1.807) is 0 Å². The number of nitrogens with one attached hydrogen (secondary N) is 1. The minimum Gasteiger partial charge on any atom is -0.381 e. The number of ether oxygens (including phenoxy) is 1. The summed E-state index contributed by atoms with van der Waals surface area (Å²) in [5.41, 5.74) is 2.71.